The van der Waals surface area contributed by atoms with Gasteiger partial charge in [-0.15, -0.1) is 0 Å². The third-order valence-corrected chi connectivity index (χ3v) is 5.15. The number of halogens is 3. The molecule has 1 aliphatic heterocycles. The fourth-order valence-electron chi connectivity index (χ4n) is 3.54. The molecule has 1 fully saturated rings. The third-order valence-electron chi connectivity index (χ3n) is 5.15. The van der Waals surface area contributed by atoms with E-state index >= 15 is 0 Å². The van der Waals surface area contributed by atoms with Crippen LogP contribution in [0.2, 0.25) is 0 Å². The van der Waals surface area contributed by atoms with Crippen molar-refractivity contribution in [1.82, 2.24) is 24.6 Å². The molecule has 0 spiro atoms. The molecule has 1 atom stereocenters. The predicted molar refractivity (Wildman–Crippen MR) is 106 cm³/mol. The molecule has 1 aliphatic rings. The first-order valence-electron chi connectivity index (χ1n) is 10.1. The summed E-state index contributed by atoms with van der Waals surface area (Å²) in [6.07, 6.45) is -1.70. The largest absolute Gasteiger partial charge is 0.416 e. The van der Waals surface area contributed by atoms with E-state index in [4.69, 9.17) is 9.26 Å². The van der Waals surface area contributed by atoms with E-state index in [1.165, 1.54) is 12.1 Å². The van der Waals surface area contributed by atoms with Crippen LogP contribution in [0.1, 0.15) is 43.1 Å². The highest BCUT2D eigenvalue weighted by molar-refractivity contribution is 5.76. The lowest BCUT2D eigenvalue weighted by molar-refractivity contribution is -0.140. The molecule has 3 heterocycles. The molecule has 0 bridgehead atoms. The molecule has 0 N–H and O–H groups in total. The zero-order valence-corrected chi connectivity index (χ0v) is 17.5. The van der Waals surface area contributed by atoms with E-state index in [9.17, 15) is 18.0 Å². The maximum absolute atomic E-state index is 13.0. The Bertz CT molecular complexity index is 1090. The highest BCUT2D eigenvalue weighted by Crippen LogP contribution is 2.32. The van der Waals surface area contributed by atoms with Gasteiger partial charge in [0.1, 0.15) is 12.4 Å². The first-order valence-corrected chi connectivity index (χ1v) is 10.1. The summed E-state index contributed by atoms with van der Waals surface area (Å²) in [5.74, 6) is 1.04. The SMILES string of the molecule is CC(C)c1nccn1CC(=O)N1CCO[C@@H](c2nc(-c3cccc(C(F)(F)F)c3)no2)C1. The molecule has 1 saturated heterocycles. The molecule has 8 nitrogen and oxygen atoms in total. The van der Waals surface area contributed by atoms with Crippen molar-refractivity contribution in [1.29, 1.82) is 0 Å². The molecule has 11 heteroatoms. The minimum absolute atomic E-state index is 0.0261. The Labute approximate surface area is 182 Å². The normalized spacial score (nSPS) is 17.2. The van der Waals surface area contributed by atoms with Gasteiger partial charge >= 0.3 is 6.18 Å². The second-order valence-corrected chi connectivity index (χ2v) is 7.80. The van der Waals surface area contributed by atoms with Gasteiger partial charge in [0, 0.05) is 30.4 Å². The molecular formula is C21H22F3N5O3. The second kappa shape index (κ2) is 8.73. The van der Waals surface area contributed by atoms with Gasteiger partial charge in [-0.2, -0.15) is 18.2 Å². The van der Waals surface area contributed by atoms with Crippen molar-refractivity contribution in [2.75, 3.05) is 19.7 Å². The Hall–Kier alpha value is -3.21. The van der Waals surface area contributed by atoms with Crippen molar-refractivity contribution in [2.24, 2.45) is 0 Å². The van der Waals surface area contributed by atoms with Crippen molar-refractivity contribution in [3.63, 3.8) is 0 Å². The number of amides is 1. The number of alkyl halides is 3. The number of rotatable bonds is 5. The van der Waals surface area contributed by atoms with Crippen molar-refractivity contribution >= 4 is 5.91 Å². The number of hydrogen-bond donors (Lipinski definition) is 0. The molecule has 0 saturated carbocycles. The number of imidazole rings is 1. The number of ether oxygens (including phenoxy) is 1. The van der Waals surface area contributed by atoms with E-state index in [0.29, 0.717) is 6.54 Å². The van der Waals surface area contributed by atoms with E-state index in [1.807, 2.05) is 18.4 Å². The lowest BCUT2D eigenvalue weighted by Crippen LogP contribution is -2.43. The van der Waals surface area contributed by atoms with Gasteiger partial charge in [-0.1, -0.05) is 31.1 Å². The summed E-state index contributed by atoms with van der Waals surface area (Å²) >= 11 is 0. The van der Waals surface area contributed by atoms with Gasteiger partial charge in [0.2, 0.25) is 11.7 Å². The summed E-state index contributed by atoms with van der Waals surface area (Å²) in [6.45, 7) is 5.06. The van der Waals surface area contributed by atoms with E-state index in [2.05, 4.69) is 15.1 Å². The van der Waals surface area contributed by atoms with Gasteiger partial charge in [-0.25, -0.2) is 4.98 Å². The highest BCUT2D eigenvalue weighted by atomic mass is 19.4. The monoisotopic (exact) mass is 449 g/mol. The molecule has 32 heavy (non-hydrogen) atoms. The van der Waals surface area contributed by atoms with Crippen molar-refractivity contribution in [3.8, 4) is 11.4 Å². The van der Waals surface area contributed by atoms with Crippen molar-refractivity contribution < 1.29 is 27.2 Å². The summed E-state index contributed by atoms with van der Waals surface area (Å²) < 4.78 is 51.7. The Balaban J connectivity index is 1.46. The zero-order chi connectivity index (χ0) is 22.9. The molecule has 170 valence electrons. The van der Waals surface area contributed by atoms with Gasteiger partial charge in [0.25, 0.3) is 5.89 Å². The van der Waals surface area contributed by atoms with Crippen LogP contribution in [0.4, 0.5) is 13.2 Å². The van der Waals surface area contributed by atoms with Crippen LogP contribution in [0.3, 0.4) is 0 Å². The van der Waals surface area contributed by atoms with Crippen LogP contribution in [0, 0.1) is 0 Å². The first kappa shape index (κ1) is 22.0. The maximum Gasteiger partial charge on any atom is 0.416 e. The fourth-order valence-corrected chi connectivity index (χ4v) is 3.54. The number of morpholine rings is 1. The summed E-state index contributed by atoms with van der Waals surface area (Å²) in [5, 5.41) is 3.80. The molecule has 0 aliphatic carbocycles. The highest BCUT2D eigenvalue weighted by Gasteiger charge is 2.32. The quantitative estimate of drug-likeness (QED) is 0.591. The average Bonchev–Trinajstić information content (AvgIpc) is 3.43. The van der Waals surface area contributed by atoms with Crippen LogP contribution in [0.5, 0.6) is 0 Å². The lowest BCUT2D eigenvalue weighted by Gasteiger charge is -2.31. The number of nitrogens with zero attached hydrogens (tertiary/aromatic N) is 5. The van der Waals surface area contributed by atoms with Crippen LogP contribution in [-0.4, -0.2) is 50.2 Å². The topological polar surface area (TPSA) is 86.3 Å². The Morgan fingerprint density at radius 1 is 1.31 bits per heavy atom. The average molecular weight is 449 g/mol. The maximum atomic E-state index is 13.0. The number of carbonyl (C=O) groups excluding carboxylic acids is 1. The van der Waals surface area contributed by atoms with E-state index < -0.39 is 17.8 Å². The Kier molecular flexibility index (Phi) is 6.00. The number of hydrogen-bond acceptors (Lipinski definition) is 6. The molecule has 3 aromatic rings. The van der Waals surface area contributed by atoms with Crippen LogP contribution in [0.25, 0.3) is 11.4 Å². The van der Waals surface area contributed by atoms with Crippen LogP contribution >= 0.6 is 0 Å². The van der Waals surface area contributed by atoms with E-state index in [0.717, 1.165) is 18.0 Å². The van der Waals surface area contributed by atoms with Gasteiger partial charge in [-0.05, 0) is 12.1 Å². The van der Waals surface area contributed by atoms with E-state index in [1.54, 1.807) is 17.3 Å². The Morgan fingerprint density at radius 3 is 2.88 bits per heavy atom. The van der Waals surface area contributed by atoms with Gasteiger partial charge < -0.3 is 18.7 Å². The summed E-state index contributed by atoms with van der Waals surface area (Å²) in [5.41, 5.74) is -0.618. The molecule has 0 unspecified atom stereocenters. The van der Waals surface area contributed by atoms with Gasteiger partial charge in [-0.3, -0.25) is 4.79 Å². The van der Waals surface area contributed by atoms with Crippen LogP contribution in [0.15, 0.2) is 41.2 Å². The van der Waals surface area contributed by atoms with E-state index in [-0.39, 0.29) is 48.8 Å². The van der Waals surface area contributed by atoms with Crippen molar-refractivity contribution in [2.45, 2.75) is 38.6 Å². The van der Waals surface area contributed by atoms with Crippen LogP contribution in [-0.2, 0) is 22.3 Å². The first-order chi connectivity index (χ1) is 15.2. The van der Waals surface area contributed by atoms with Crippen molar-refractivity contribution in [3.05, 3.63) is 53.9 Å². The summed E-state index contributed by atoms with van der Waals surface area (Å²) in [4.78, 5) is 23.0. The molecule has 1 aromatic carbocycles. The fraction of sp³-hybridized carbons (Fsp3) is 0.429. The molecular weight excluding hydrogens is 427 g/mol. The second-order valence-electron chi connectivity index (χ2n) is 7.80. The lowest BCUT2D eigenvalue weighted by atomic mass is 10.1. The smallest absolute Gasteiger partial charge is 0.365 e. The summed E-state index contributed by atoms with van der Waals surface area (Å²) in [6, 6.07) is 4.69. The molecule has 0 radical (unpaired) electrons. The molecule has 4 rings (SSSR count). The third kappa shape index (κ3) is 4.67. The number of aromatic nitrogens is 4. The standard InChI is InChI=1S/C21H22F3N5O3/c1-13(2)19-25-6-7-29(19)12-17(30)28-8-9-31-16(11-28)20-26-18(27-32-20)14-4-3-5-15(10-14)21(22,23)24/h3-7,10,13,16H,8-9,11-12H2,1-2H3/t16-/m1/s1. The van der Waals surface area contributed by atoms with Gasteiger partial charge in [0.15, 0.2) is 6.10 Å². The minimum atomic E-state index is -4.47. The molecule has 2 aromatic heterocycles. The Morgan fingerprint density at radius 2 is 2.12 bits per heavy atom. The van der Waals surface area contributed by atoms with Gasteiger partial charge in [0.05, 0.1) is 18.7 Å². The number of benzene rings is 1. The predicted octanol–water partition coefficient (Wildman–Crippen LogP) is 3.68. The number of carbonyl (C=O) groups is 1. The summed E-state index contributed by atoms with van der Waals surface area (Å²) in [7, 11) is 0. The van der Waals surface area contributed by atoms with Crippen LogP contribution < -0.4 is 0 Å². The molecule has 1 amide bonds. The minimum Gasteiger partial charge on any atom is -0.365 e. The zero-order valence-electron chi connectivity index (χ0n) is 17.5.